The highest BCUT2D eigenvalue weighted by atomic mass is 16.5. The van der Waals surface area contributed by atoms with Gasteiger partial charge in [0.05, 0.1) is 12.8 Å². The number of ether oxygens (including phenoxy) is 1. The monoisotopic (exact) mass is 241 g/mol. The Morgan fingerprint density at radius 1 is 1.00 bits per heavy atom. The molecular formula is C16H19NO. The summed E-state index contributed by atoms with van der Waals surface area (Å²) in [7, 11) is 3.81. The lowest BCUT2D eigenvalue weighted by Crippen LogP contribution is -2.18. The summed E-state index contributed by atoms with van der Waals surface area (Å²) in [6.07, 6.45) is 0. The fourth-order valence-corrected chi connectivity index (χ4v) is 2.22. The molecule has 0 radical (unpaired) electrons. The largest absolute Gasteiger partial charge is 0.495 e. The molecular weight excluding hydrogens is 222 g/mol. The maximum atomic E-state index is 5.44. The molecule has 18 heavy (non-hydrogen) atoms. The number of rotatable bonds is 4. The van der Waals surface area contributed by atoms with Crippen molar-refractivity contribution in [1.82, 2.24) is 0 Å². The van der Waals surface area contributed by atoms with E-state index in [1.54, 1.807) is 7.11 Å². The molecule has 0 amide bonds. The Bertz CT molecular complexity index is 508. The van der Waals surface area contributed by atoms with Crippen molar-refractivity contribution in [3.05, 3.63) is 59.7 Å². The number of hydrogen-bond acceptors (Lipinski definition) is 2. The molecule has 2 aromatic rings. The van der Waals surface area contributed by atoms with Crippen LogP contribution in [0.25, 0.3) is 0 Å². The van der Waals surface area contributed by atoms with Gasteiger partial charge in [-0.25, -0.2) is 0 Å². The molecule has 0 saturated carbocycles. The van der Waals surface area contributed by atoms with Crippen LogP contribution in [0.4, 0.5) is 5.69 Å². The highest BCUT2D eigenvalue weighted by Gasteiger charge is 2.11. The van der Waals surface area contributed by atoms with Gasteiger partial charge in [-0.15, -0.1) is 0 Å². The van der Waals surface area contributed by atoms with Crippen molar-refractivity contribution in [2.75, 3.05) is 19.1 Å². The standard InChI is InChI=1S/C16H19NO/c1-13-8-7-11-15(18-3)16(13)17(2)12-14-9-5-4-6-10-14/h4-11H,12H2,1-3H3. The third kappa shape index (κ3) is 2.65. The van der Waals surface area contributed by atoms with Gasteiger partial charge in [0.15, 0.2) is 0 Å². The fourth-order valence-electron chi connectivity index (χ4n) is 2.22. The van der Waals surface area contributed by atoms with Gasteiger partial charge >= 0.3 is 0 Å². The molecule has 0 bridgehead atoms. The first-order chi connectivity index (χ1) is 8.72. The summed E-state index contributed by atoms with van der Waals surface area (Å²) >= 11 is 0. The molecule has 94 valence electrons. The van der Waals surface area contributed by atoms with Crippen LogP contribution >= 0.6 is 0 Å². The third-order valence-corrected chi connectivity index (χ3v) is 3.06. The normalized spacial score (nSPS) is 10.2. The molecule has 0 saturated heterocycles. The highest BCUT2D eigenvalue weighted by Crippen LogP contribution is 2.31. The molecule has 0 aromatic heterocycles. The van der Waals surface area contributed by atoms with Gasteiger partial charge in [0, 0.05) is 13.6 Å². The second kappa shape index (κ2) is 5.58. The van der Waals surface area contributed by atoms with Gasteiger partial charge in [0.1, 0.15) is 5.75 Å². The number of methoxy groups -OCH3 is 1. The summed E-state index contributed by atoms with van der Waals surface area (Å²) in [5, 5.41) is 0. The Labute approximate surface area is 109 Å². The average molecular weight is 241 g/mol. The van der Waals surface area contributed by atoms with Crippen LogP contribution < -0.4 is 9.64 Å². The van der Waals surface area contributed by atoms with Gasteiger partial charge < -0.3 is 9.64 Å². The van der Waals surface area contributed by atoms with Gasteiger partial charge in [-0.3, -0.25) is 0 Å². The zero-order valence-electron chi connectivity index (χ0n) is 11.2. The minimum absolute atomic E-state index is 0.877. The van der Waals surface area contributed by atoms with E-state index in [1.807, 2.05) is 18.2 Å². The number of anilines is 1. The van der Waals surface area contributed by atoms with E-state index in [1.165, 1.54) is 11.1 Å². The molecule has 0 atom stereocenters. The molecule has 0 spiro atoms. The number of benzene rings is 2. The first kappa shape index (κ1) is 12.5. The second-order valence-corrected chi connectivity index (χ2v) is 4.47. The summed E-state index contributed by atoms with van der Waals surface area (Å²) in [5.41, 5.74) is 3.68. The molecule has 2 rings (SSSR count). The van der Waals surface area contributed by atoms with Crippen LogP contribution in [-0.4, -0.2) is 14.2 Å². The summed E-state index contributed by atoms with van der Waals surface area (Å²) < 4.78 is 5.44. The molecule has 0 aliphatic carbocycles. The molecule has 0 unspecified atom stereocenters. The molecule has 2 nitrogen and oxygen atoms in total. The van der Waals surface area contributed by atoms with Crippen molar-refractivity contribution in [3.63, 3.8) is 0 Å². The Morgan fingerprint density at radius 2 is 1.72 bits per heavy atom. The molecule has 0 fully saturated rings. The second-order valence-electron chi connectivity index (χ2n) is 4.47. The van der Waals surface area contributed by atoms with Gasteiger partial charge in [0.2, 0.25) is 0 Å². The Kier molecular flexibility index (Phi) is 3.88. The number of aryl methyl sites for hydroxylation is 1. The SMILES string of the molecule is COc1cccc(C)c1N(C)Cc1ccccc1. The van der Waals surface area contributed by atoms with E-state index in [0.29, 0.717) is 0 Å². The van der Waals surface area contributed by atoms with Crippen molar-refractivity contribution in [2.45, 2.75) is 13.5 Å². The first-order valence-electron chi connectivity index (χ1n) is 6.11. The lowest BCUT2D eigenvalue weighted by molar-refractivity contribution is 0.414. The van der Waals surface area contributed by atoms with Gasteiger partial charge in [-0.05, 0) is 24.1 Å². The Balaban J connectivity index is 2.26. The molecule has 2 aromatic carbocycles. The Hall–Kier alpha value is -1.96. The molecule has 0 aliphatic rings. The third-order valence-electron chi connectivity index (χ3n) is 3.06. The van der Waals surface area contributed by atoms with E-state index >= 15 is 0 Å². The lowest BCUT2D eigenvalue weighted by atomic mass is 10.1. The van der Waals surface area contributed by atoms with Crippen molar-refractivity contribution in [2.24, 2.45) is 0 Å². The Morgan fingerprint density at radius 3 is 2.39 bits per heavy atom. The van der Waals surface area contributed by atoms with E-state index < -0.39 is 0 Å². The van der Waals surface area contributed by atoms with Crippen molar-refractivity contribution < 1.29 is 4.74 Å². The highest BCUT2D eigenvalue weighted by molar-refractivity contribution is 5.63. The van der Waals surface area contributed by atoms with Crippen LogP contribution in [0.5, 0.6) is 5.75 Å². The maximum Gasteiger partial charge on any atom is 0.142 e. The average Bonchev–Trinajstić information content (AvgIpc) is 2.39. The topological polar surface area (TPSA) is 12.5 Å². The minimum atomic E-state index is 0.877. The first-order valence-corrected chi connectivity index (χ1v) is 6.11. The van der Waals surface area contributed by atoms with E-state index in [2.05, 4.69) is 49.2 Å². The molecule has 0 aliphatic heterocycles. The summed E-state index contributed by atoms with van der Waals surface area (Å²) in [6, 6.07) is 16.6. The van der Waals surface area contributed by atoms with Crippen molar-refractivity contribution in [3.8, 4) is 5.75 Å². The zero-order chi connectivity index (χ0) is 13.0. The predicted octanol–water partition coefficient (Wildman–Crippen LogP) is 3.64. The van der Waals surface area contributed by atoms with E-state index in [0.717, 1.165) is 18.0 Å². The summed E-state index contributed by atoms with van der Waals surface area (Å²) in [6.45, 7) is 2.99. The molecule has 0 heterocycles. The van der Waals surface area contributed by atoms with Crippen molar-refractivity contribution >= 4 is 5.69 Å². The van der Waals surface area contributed by atoms with Crippen LogP contribution in [0.15, 0.2) is 48.5 Å². The molecule has 0 N–H and O–H groups in total. The van der Waals surface area contributed by atoms with E-state index in [9.17, 15) is 0 Å². The fraction of sp³-hybridized carbons (Fsp3) is 0.250. The molecule has 2 heteroatoms. The lowest BCUT2D eigenvalue weighted by Gasteiger charge is -2.23. The van der Waals surface area contributed by atoms with E-state index in [4.69, 9.17) is 4.74 Å². The quantitative estimate of drug-likeness (QED) is 0.810. The van der Waals surface area contributed by atoms with Crippen LogP contribution in [0.2, 0.25) is 0 Å². The van der Waals surface area contributed by atoms with Gasteiger partial charge in [-0.1, -0.05) is 42.5 Å². The summed E-state index contributed by atoms with van der Waals surface area (Å²) in [4.78, 5) is 2.23. The van der Waals surface area contributed by atoms with E-state index in [-0.39, 0.29) is 0 Å². The van der Waals surface area contributed by atoms with Crippen LogP contribution in [0.3, 0.4) is 0 Å². The summed E-state index contributed by atoms with van der Waals surface area (Å²) in [5.74, 6) is 0.924. The minimum Gasteiger partial charge on any atom is -0.495 e. The maximum absolute atomic E-state index is 5.44. The van der Waals surface area contributed by atoms with Crippen LogP contribution in [-0.2, 0) is 6.54 Å². The number of nitrogens with zero attached hydrogens (tertiary/aromatic N) is 1. The smallest absolute Gasteiger partial charge is 0.142 e. The number of hydrogen-bond donors (Lipinski definition) is 0. The van der Waals surface area contributed by atoms with Crippen LogP contribution in [0.1, 0.15) is 11.1 Å². The van der Waals surface area contributed by atoms with Gasteiger partial charge in [-0.2, -0.15) is 0 Å². The predicted molar refractivity (Wildman–Crippen MR) is 76.3 cm³/mol. The van der Waals surface area contributed by atoms with Gasteiger partial charge in [0.25, 0.3) is 0 Å². The van der Waals surface area contributed by atoms with Crippen molar-refractivity contribution in [1.29, 1.82) is 0 Å². The van der Waals surface area contributed by atoms with Crippen LogP contribution in [0, 0.1) is 6.92 Å². The number of para-hydroxylation sites is 1. The zero-order valence-corrected chi connectivity index (χ0v) is 11.2.